The van der Waals surface area contributed by atoms with Crippen molar-refractivity contribution in [2.75, 3.05) is 24.5 Å². The molecule has 1 aliphatic heterocycles. The third-order valence-corrected chi connectivity index (χ3v) is 6.91. The largest absolute Gasteiger partial charge is 0.333 e. The maximum atomic E-state index is 13.4. The third-order valence-electron chi connectivity index (χ3n) is 6.91. The van der Waals surface area contributed by atoms with Crippen LogP contribution in [-0.4, -0.2) is 40.0 Å². The van der Waals surface area contributed by atoms with Gasteiger partial charge in [0.15, 0.2) is 0 Å². The number of amides is 1. The molecule has 1 aliphatic rings. The highest BCUT2D eigenvalue weighted by Gasteiger charge is 2.32. The number of rotatable bonds is 8. The Labute approximate surface area is 202 Å². The lowest BCUT2D eigenvalue weighted by molar-refractivity contribution is -0.122. The number of hydrogen-bond donors (Lipinski definition) is 0. The van der Waals surface area contributed by atoms with Gasteiger partial charge in [-0.05, 0) is 61.6 Å². The molecule has 6 nitrogen and oxygen atoms in total. The van der Waals surface area contributed by atoms with Crippen molar-refractivity contribution in [2.24, 2.45) is 0 Å². The number of nitrogens with zero attached hydrogens (tertiary/aromatic N) is 5. The fourth-order valence-corrected chi connectivity index (χ4v) is 4.72. The Hall–Kier alpha value is -3.43. The second kappa shape index (κ2) is 10.7. The summed E-state index contributed by atoms with van der Waals surface area (Å²) in [7, 11) is 0. The van der Waals surface area contributed by atoms with Crippen LogP contribution in [0.5, 0.6) is 0 Å². The van der Waals surface area contributed by atoms with Gasteiger partial charge in [0, 0.05) is 31.5 Å². The molecule has 1 atom stereocenters. The lowest BCUT2D eigenvalue weighted by atomic mass is 9.99. The van der Waals surface area contributed by atoms with Crippen molar-refractivity contribution < 1.29 is 4.79 Å². The van der Waals surface area contributed by atoms with E-state index in [-0.39, 0.29) is 11.9 Å². The first-order chi connectivity index (χ1) is 16.5. The van der Waals surface area contributed by atoms with Gasteiger partial charge < -0.3 is 9.47 Å². The van der Waals surface area contributed by atoms with Gasteiger partial charge in [-0.1, -0.05) is 37.6 Å². The van der Waals surface area contributed by atoms with E-state index in [1.165, 1.54) is 5.56 Å². The Morgan fingerprint density at radius 2 is 1.91 bits per heavy atom. The standard InChI is InChI=1S/C28H33N5O/c1-4-5-13-32-20-30-18-27(32)26(16-23-9-11-24(17-29)12-10-23)31-14-15-33(28(34)19-31)25-8-6-7-21(2)22(25)3/h6-12,18,20,26H,4-5,13-16,19H2,1-3H3/t26-/m0/s1. The fourth-order valence-electron chi connectivity index (χ4n) is 4.72. The summed E-state index contributed by atoms with van der Waals surface area (Å²) in [6.07, 6.45) is 6.83. The fraction of sp³-hybridized carbons (Fsp3) is 0.393. The minimum Gasteiger partial charge on any atom is -0.333 e. The number of carbonyl (C=O) groups excluding carboxylic acids is 1. The van der Waals surface area contributed by atoms with E-state index in [4.69, 9.17) is 5.26 Å². The minimum absolute atomic E-state index is 0.0389. The van der Waals surface area contributed by atoms with Crippen molar-refractivity contribution in [3.05, 3.63) is 82.9 Å². The highest BCUT2D eigenvalue weighted by Crippen LogP contribution is 2.30. The molecule has 2 aromatic carbocycles. The molecule has 2 heterocycles. The van der Waals surface area contributed by atoms with Gasteiger partial charge in [0.25, 0.3) is 0 Å². The third kappa shape index (κ3) is 5.05. The van der Waals surface area contributed by atoms with E-state index in [1.54, 1.807) is 0 Å². The average Bonchev–Trinajstić information content (AvgIpc) is 3.32. The van der Waals surface area contributed by atoms with Crippen LogP contribution in [0.3, 0.4) is 0 Å². The predicted molar refractivity (Wildman–Crippen MR) is 135 cm³/mol. The van der Waals surface area contributed by atoms with Gasteiger partial charge in [-0.3, -0.25) is 9.69 Å². The number of aryl methyl sites for hydroxylation is 2. The normalized spacial score (nSPS) is 15.4. The van der Waals surface area contributed by atoms with Crippen molar-refractivity contribution in [3.8, 4) is 6.07 Å². The molecule has 176 valence electrons. The number of carbonyl (C=O) groups is 1. The first-order valence-electron chi connectivity index (χ1n) is 12.1. The van der Waals surface area contributed by atoms with Crippen LogP contribution in [0.1, 0.15) is 53.8 Å². The molecule has 3 aromatic rings. The van der Waals surface area contributed by atoms with Crippen LogP contribution in [0.4, 0.5) is 5.69 Å². The van der Waals surface area contributed by atoms with Gasteiger partial charge in [-0.15, -0.1) is 0 Å². The van der Waals surface area contributed by atoms with Crippen molar-refractivity contribution >= 4 is 11.6 Å². The first-order valence-corrected chi connectivity index (χ1v) is 12.1. The highest BCUT2D eigenvalue weighted by molar-refractivity contribution is 5.96. The van der Waals surface area contributed by atoms with E-state index in [2.05, 4.69) is 47.4 Å². The minimum atomic E-state index is 0.0389. The number of anilines is 1. The van der Waals surface area contributed by atoms with Gasteiger partial charge in [-0.2, -0.15) is 5.26 Å². The van der Waals surface area contributed by atoms with Gasteiger partial charge in [-0.25, -0.2) is 4.98 Å². The Kier molecular flexibility index (Phi) is 7.44. The quantitative estimate of drug-likeness (QED) is 0.489. The van der Waals surface area contributed by atoms with Crippen molar-refractivity contribution in [1.29, 1.82) is 5.26 Å². The van der Waals surface area contributed by atoms with Crippen LogP contribution < -0.4 is 4.90 Å². The average molecular weight is 456 g/mol. The Bertz CT molecular complexity index is 1170. The van der Waals surface area contributed by atoms with Crippen molar-refractivity contribution in [1.82, 2.24) is 14.5 Å². The lowest BCUT2D eigenvalue weighted by Crippen LogP contribution is -2.52. The van der Waals surface area contributed by atoms with E-state index >= 15 is 0 Å². The SMILES string of the molecule is CCCCn1cncc1[C@H](Cc1ccc(C#N)cc1)N1CCN(c2cccc(C)c2C)C(=O)C1. The highest BCUT2D eigenvalue weighted by atomic mass is 16.2. The molecule has 4 rings (SSSR count). The molecule has 1 aromatic heterocycles. The monoisotopic (exact) mass is 455 g/mol. The number of aromatic nitrogens is 2. The summed E-state index contributed by atoms with van der Waals surface area (Å²) in [4.78, 5) is 22.1. The van der Waals surface area contributed by atoms with Crippen LogP contribution in [0.2, 0.25) is 0 Å². The summed E-state index contributed by atoms with van der Waals surface area (Å²) in [5.74, 6) is 0.129. The maximum absolute atomic E-state index is 13.4. The molecule has 6 heteroatoms. The summed E-state index contributed by atoms with van der Waals surface area (Å²) < 4.78 is 2.24. The molecule has 1 saturated heterocycles. The number of piperazine rings is 1. The summed E-state index contributed by atoms with van der Waals surface area (Å²) in [6, 6.07) is 16.2. The van der Waals surface area contributed by atoms with E-state index in [0.29, 0.717) is 18.7 Å². The van der Waals surface area contributed by atoms with E-state index in [9.17, 15) is 4.79 Å². The Morgan fingerprint density at radius 3 is 2.62 bits per heavy atom. The molecule has 0 spiro atoms. The van der Waals surface area contributed by atoms with Gasteiger partial charge in [0.1, 0.15) is 0 Å². The summed E-state index contributed by atoms with van der Waals surface area (Å²) in [5, 5.41) is 9.16. The molecule has 0 N–H and O–H groups in total. The molecular formula is C28H33N5O. The smallest absolute Gasteiger partial charge is 0.241 e. The second-order valence-electron chi connectivity index (χ2n) is 9.13. The number of hydrogen-bond acceptors (Lipinski definition) is 4. The summed E-state index contributed by atoms with van der Waals surface area (Å²) in [6.45, 7) is 9.11. The molecule has 0 unspecified atom stereocenters. The van der Waals surface area contributed by atoms with Gasteiger partial charge in [0.2, 0.25) is 5.91 Å². The molecule has 0 saturated carbocycles. The van der Waals surface area contributed by atoms with E-state index in [1.807, 2.05) is 53.8 Å². The second-order valence-corrected chi connectivity index (χ2v) is 9.13. The Balaban J connectivity index is 1.60. The molecule has 34 heavy (non-hydrogen) atoms. The number of benzene rings is 2. The first kappa shape index (κ1) is 23.7. The zero-order valence-corrected chi connectivity index (χ0v) is 20.4. The predicted octanol–water partition coefficient (Wildman–Crippen LogP) is 4.80. The molecular weight excluding hydrogens is 422 g/mol. The van der Waals surface area contributed by atoms with Crippen LogP contribution in [0.25, 0.3) is 0 Å². The van der Waals surface area contributed by atoms with Crippen molar-refractivity contribution in [3.63, 3.8) is 0 Å². The molecule has 0 radical (unpaired) electrons. The van der Waals surface area contributed by atoms with Gasteiger partial charge in [0.05, 0.1) is 36.2 Å². The molecule has 0 aliphatic carbocycles. The topological polar surface area (TPSA) is 65.2 Å². The molecule has 0 bridgehead atoms. The lowest BCUT2D eigenvalue weighted by Gasteiger charge is -2.39. The number of unbranched alkanes of at least 4 members (excludes halogenated alkanes) is 1. The summed E-state index contributed by atoms with van der Waals surface area (Å²) in [5.41, 5.74) is 6.33. The number of nitriles is 1. The van der Waals surface area contributed by atoms with Crippen molar-refractivity contribution in [2.45, 2.75) is 52.6 Å². The molecule has 1 amide bonds. The van der Waals surface area contributed by atoms with Crippen LogP contribution in [0, 0.1) is 25.2 Å². The molecule has 1 fully saturated rings. The van der Waals surface area contributed by atoms with Crippen LogP contribution >= 0.6 is 0 Å². The summed E-state index contributed by atoms with van der Waals surface area (Å²) >= 11 is 0. The van der Waals surface area contributed by atoms with Crippen LogP contribution in [0.15, 0.2) is 55.0 Å². The van der Waals surface area contributed by atoms with Crippen LogP contribution in [-0.2, 0) is 17.8 Å². The number of imidazole rings is 1. The van der Waals surface area contributed by atoms with Gasteiger partial charge >= 0.3 is 0 Å². The van der Waals surface area contributed by atoms with E-state index < -0.39 is 0 Å². The maximum Gasteiger partial charge on any atom is 0.241 e. The zero-order chi connectivity index (χ0) is 24.1. The van der Waals surface area contributed by atoms with E-state index in [0.717, 1.165) is 54.9 Å². The zero-order valence-electron chi connectivity index (χ0n) is 20.4. The Morgan fingerprint density at radius 1 is 1.12 bits per heavy atom.